The van der Waals surface area contributed by atoms with Gasteiger partial charge in [-0.25, -0.2) is 0 Å². The predicted molar refractivity (Wildman–Crippen MR) is 68.8 cm³/mol. The summed E-state index contributed by atoms with van der Waals surface area (Å²) < 4.78 is 0. The third-order valence-electron chi connectivity index (χ3n) is 2.70. The van der Waals surface area contributed by atoms with Gasteiger partial charge in [0.05, 0.1) is 0 Å². The second-order valence-electron chi connectivity index (χ2n) is 5.65. The highest BCUT2D eigenvalue weighted by Crippen LogP contribution is 2.35. The molecule has 0 N–H and O–H groups in total. The molecule has 1 aromatic rings. The Hall–Kier alpha value is -0.490. The van der Waals surface area contributed by atoms with Crippen molar-refractivity contribution in [1.82, 2.24) is 0 Å². The summed E-state index contributed by atoms with van der Waals surface area (Å²) in [5, 5.41) is 0. The Morgan fingerprint density at radius 3 is 1.87 bits per heavy atom. The van der Waals surface area contributed by atoms with Crippen LogP contribution in [0, 0.1) is 6.92 Å². The SMILES string of the molecule is Cc1ccc(C(C)(C)CC(C)(C)Cl)cc1. The van der Waals surface area contributed by atoms with Crippen molar-refractivity contribution in [2.45, 2.75) is 51.3 Å². The predicted octanol–water partition coefficient (Wildman–Crippen LogP) is 4.68. The molecular formula is C14H21Cl. The molecule has 0 saturated heterocycles. The van der Waals surface area contributed by atoms with Gasteiger partial charge in [0, 0.05) is 4.87 Å². The number of halogens is 1. The van der Waals surface area contributed by atoms with Crippen LogP contribution in [0.5, 0.6) is 0 Å². The van der Waals surface area contributed by atoms with Crippen LogP contribution in [-0.2, 0) is 5.41 Å². The average molecular weight is 225 g/mol. The molecule has 0 spiro atoms. The third-order valence-corrected chi connectivity index (χ3v) is 2.83. The fourth-order valence-electron chi connectivity index (χ4n) is 2.16. The molecule has 0 unspecified atom stereocenters. The van der Waals surface area contributed by atoms with Crippen LogP contribution in [0.25, 0.3) is 0 Å². The highest BCUT2D eigenvalue weighted by molar-refractivity contribution is 6.23. The Balaban J connectivity index is 2.90. The zero-order valence-electron chi connectivity index (χ0n) is 10.4. The molecule has 1 aromatic carbocycles. The molecule has 15 heavy (non-hydrogen) atoms. The Morgan fingerprint density at radius 2 is 1.47 bits per heavy atom. The van der Waals surface area contributed by atoms with Crippen molar-refractivity contribution in [2.75, 3.05) is 0 Å². The van der Waals surface area contributed by atoms with E-state index in [0.29, 0.717) is 0 Å². The van der Waals surface area contributed by atoms with E-state index in [1.165, 1.54) is 11.1 Å². The van der Waals surface area contributed by atoms with Gasteiger partial charge in [-0.15, -0.1) is 11.6 Å². The van der Waals surface area contributed by atoms with Crippen molar-refractivity contribution >= 4 is 11.6 Å². The van der Waals surface area contributed by atoms with Gasteiger partial charge >= 0.3 is 0 Å². The number of hydrogen-bond donors (Lipinski definition) is 0. The van der Waals surface area contributed by atoms with Gasteiger partial charge in [0.1, 0.15) is 0 Å². The van der Waals surface area contributed by atoms with E-state index in [4.69, 9.17) is 11.6 Å². The van der Waals surface area contributed by atoms with Crippen molar-refractivity contribution in [3.8, 4) is 0 Å². The van der Waals surface area contributed by atoms with Crippen LogP contribution in [0.1, 0.15) is 45.2 Å². The summed E-state index contributed by atoms with van der Waals surface area (Å²) >= 11 is 6.30. The molecule has 0 atom stereocenters. The number of aryl methyl sites for hydroxylation is 1. The minimum absolute atomic E-state index is 0.138. The first-order valence-electron chi connectivity index (χ1n) is 5.47. The molecule has 84 valence electrons. The fourth-order valence-corrected chi connectivity index (χ4v) is 2.49. The van der Waals surface area contributed by atoms with Crippen LogP contribution in [0.3, 0.4) is 0 Å². The number of alkyl halides is 1. The molecule has 0 nitrogen and oxygen atoms in total. The molecule has 1 heteroatoms. The van der Waals surface area contributed by atoms with Crippen molar-refractivity contribution in [2.24, 2.45) is 0 Å². The lowest BCUT2D eigenvalue weighted by molar-refractivity contribution is 0.419. The lowest BCUT2D eigenvalue weighted by Crippen LogP contribution is -2.27. The van der Waals surface area contributed by atoms with Gasteiger partial charge in [-0.05, 0) is 38.2 Å². The maximum absolute atomic E-state index is 6.30. The molecule has 0 aliphatic rings. The summed E-state index contributed by atoms with van der Waals surface area (Å²) in [7, 11) is 0. The van der Waals surface area contributed by atoms with E-state index in [2.05, 4.69) is 58.9 Å². The number of benzene rings is 1. The Bertz CT molecular complexity index is 314. The highest BCUT2D eigenvalue weighted by Gasteiger charge is 2.28. The Morgan fingerprint density at radius 1 is 1.00 bits per heavy atom. The van der Waals surface area contributed by atoms with Crippen molar-refractivity contribution in [3.05, 3.63) is 35.4 Å². The third kappa shape index (κ3) is 3.87. The van der Waals surface area contributed by atoms with E-state index in [1.54, 1.807) is 0 Å². The van der Waals surface area contributed by atoms with Gasteiger partial charge < -0.3 is 0 Å². The Labute approximate surface area is 98.7 Å². The molecule has 0 saturated carbocycles. The van der Waals surface area contributed by atoms with Crippen molar-refractivity contribution < 1.29 is 0 Å². The second kappa shape index (κ2) is 4.17. The van der Waals surface area contributed by atoms with Crippen molar-refractivity contribution in [3.63, 3.8) is 0 Å². The minimum atomic E-state index is -0.144. The van der Waals surface area contributed by atoms with E-state index in [9.17, 15) is 0 Å². The maximum atomic E-state index is 6.30. The summed E-state index contributed by atoms with van der Waals surface area (Å²) in [4.78, 5) is -0.144. The summed E-state index contributed by atoms with van der Waals surface area (Å²) in [5.74, 6) is 0. The van der Waals surface area contributed by atoms with E-state index in [0.717, 1.165) is 6.42 Å². The van der Waals surface area contributed by atoms with Gasteiger partial charge in [-0.3, -0.25) is 0 Å². The van der Waals surface area contributed by atoms with E-state index < -0.39 is 0 Å². The molecule has 0 aromatic heterocycles. The summed E-state index contributed by atoms with van der Waals surface area (Å²) in [6.45, 7) is 10.8. The quantitative estimate of drug-likeness (QED) is 0.654. The van der Waals surface area contributed by atoms with E-state index >= 15 is 0 Å². The topological polar surface area (TPSA) is 0 Å². The molecule has 1 rings (SSSR count). The van der Waals surface area contributed by atoms with E-state index in [1.807, 2.05) is 0 Å². The first kappa shape index (κ1) is 12.6. The van der Waals surface area contributed by atoms with Crippen LogP contribution in [0.4, 0.5) is 0 Å². The van der Waals surface area contributed by atoms with Crippen LogP contribution in [0.2, 0.25) is 0 Å². The molecular weight excluding hydrogens is 204 g/mol. The van der Waals surface area contributed by atoms with Gasteiger partial charge in [0.15, 0.2) is 0 Å². The maximum Gasteiger partial charge on any atom is 0.0399 e. The zero-order chi connectivity index (χ0) is 11.7. The first-order chi connectivity index (χ1) is 6.71. The van der Waals surface area contributed by atoms with Crippen LogP contribution in [0.15, 0.2) is 24.3 Å². The summed E-state index contributed by atoms with van der Waals surface area (Å²) in [6.07, 6.45) is 0.977. The summed E-state index contributed by atoms with van der Waals surface area (Å²) in [6, 6.07) is 8.74. The van der Waals surface area contributed by atoms with Crippen LogP contribution in [-0.4, -0.2) is 4.87 Å². The normalized spacial score (nSPS) is 12.9. The Kier molecular flexibility index (Phi) is 3.50. The lowest BCUT2D eigenvalue weighted by Gasteiger charge is -2.31. The molecule has 0 radical (unpaired) electrons. The van der Waals surface area contributed by atoms with Gasteiger partial charge in [0.25, 0.3) is 0 Å². The monoisotopic (exact) mass is 224 g/mol. The van der Waals surface area contributed by atoms with Gasteiger partial charge in [-0.1, -0.05) is 43.7 Å². The molecule has 0 bridgehead atoms. The van der Waals surface area contributed by atoms with Crippen LogP contribution >= 0.6 is 11.6 Å². The zero-order valence-corrected chi connectivity index (χ0v) is 11.2. The molecule has 0 fully saturated rings. The van der Waals surface area contributed by atoms with Crippen LogP contribution < -0.4 is 0 Å². The first-order valence-corrected chi connectivity index (χ1v) is 5.85. The van der Waals surface area contributed by atoms with E-state index in [-0.39, 0.29) is 10.3 Å². The standard InChI is InChI=1S/C14H21Cl/c1-11-6-8-12(9-7-11)13(2,3)10-14(4,5)15/h6-9H,10H2,1-5H3. The van der Waals surface area contributed by atoms with Gasteiger partial charge in [0.2, 0.25) is 0 Å². The smallest absolute Gasteiger partial charge is 0.0399 e. The molecule has 0 aliphatic carbocycles. The largest absolute Gasteiger partial charge is 0.120 e. The fraction of sp³-hybridized carbons (Fsp3) is 0.571. The minimum Gasteiger partial charge on any atom is -0.120 e. The number of rotatable bonds is 3. The lowest BCUT2D eigenvalue weighted by atomic mass is 9.77. The van der Waals surface area contributed by atoms with Crippen molar-refractivity contribution in [1.29, 1.82) is 0 Å². The highest BCUT2D eigenvalue weighted by atomic mass is 35.5. The molecule has 0 heterocycles. The second-order valence-corrected chi connectivity index (χ2v) is 6.67. The molecule has 0 amide bonds. The molecule has 0 aliphatic heterocycles. The van der Waals surface area contributed by atoms with Gasteiger partial charge in [-0.2, -0.15) is 0 Å². The number of hydrogen-bond acceptors (Lipinski definition) is 0. The summed E-state index contributed by atoms with van der Waals surface area (Å²) in [5.41, 5.74) is 2.81. The average Bonchev–Trinajstić information content (AvgIpc) is 2.00.